The summed E-state index contributed by atoms with van der Waals surface area (Å²) in [5.41, 5.74) is 4.52. The fraction of sp³-hybridized carbons (Fsp3) is 0.400. The Morgan fingerprint density at radius 2 is 2.17 bits per heavy atom. The van der Waals surface area contributed by atoms with Crippen molar-refractivity contribution in [3.05, 3.63) is 30.1 Å². The number of nitrogens with one attached hydrogen (secondary N) is 3. The summed E-state index contributed by atoms with van der Waals surface area (Å²) in [7, 11) is 0. The number of carbonyl (C=O) groups excluding carboxylic acids is 2. The average Bonchev–Trinajstić information content (AvgIpc) is 3.07. The van der Waals surface area contributed by atoms with Crippen molar-refractivity contribution in [1.29, 1.82) is 0 Å². The third kappa shape index (κ3) is 3.70. The first-order valence-corrected chi connectivity index (χ1v) is 7.65. The van der Waals surface area contributed by atoms with E-state index >= 15 is 0 Å². The standard InChI is InChI=1S/C15H19N5O4/c21-8-13(15(23)19-20-3-5-24-6-4-20)18-14(22)10-1-2-11-12(7-10)17-9-16-11/h1-2,7,9,13,21H,3-6,8H2,(H,16,17)(H,18,22)(H,19,23). The first-order chi connectivity index (χ1) is 11.7. The molecule has 1 saturated heterocycles. The van der Waals surface area contributed by atoms with Crippen LogP contribution >= 0.6 is 0 Å². The van der Waals surface area contributed by atoms with Crippen molar-refractivity contribution in [2.75, 3.05) is 32.9 Å². The molecule has 3 rings (SSSR count). The number of aliphatic hydroxyl groups is 1. The van der Waals surface area contributed by atoms with Gasteiger partial charge in [0.25, 0.3) is 11.8 Å². The number of hydrogen-bond acceptors (Lipinski definition) is 6. The van der Waals surface area contributed by atoms with Gasteiger partial charge >= 0.3 is 0 Å². The minimum atomic E-state index is -1.03. The molecule has 0 bridgehead atoms. The van der Waals surface area contributed by atoms with Crippen LogP contribution in [0.5, 0.6) is 0 Å². The second-order valence-corrected chi connectivity index (χ2v) is 5.42. The monoisotopic (exact) mass is 333 g/mol. The minimum Gasteiger partial charge on any atom is -0.394 e. The van der Waals surface area contributed by atoms with E-state index in [0.29, 0.717) is 31.9 Å². The molecule has 0 spiro atoms. The molecule has 128 valence electrons. The number of amides is 2. The number of benzene rings is 1. The molecule has 2 aromatic rings. The SMILES string of the molecule is O=C(NC(CO)C(=O)NN1CCOCC1)c1ccc2nc[nH]c2c1. The van der Waals surface area contributed by atoms with E-state index in [0.717, 1.165) is 11.0 Å². The third-order valence-electron chi connectivity index (χ3n) is 3.77. The van der Waals surface area contributed by atoms with Gasteiger partial charge in [-0.3, -0.25) is 15.0 Å². The average molecular weight is 333 g/mol. The Labute approximate surface area is 138 Å². The lowest BCUT2D eigenvalue weighted by atomic mass is 10.1. The van der Waals surface area contributed by atoms with Crippen molar-refractivity contribution >= 4 is 22.8 Å². The molecule has 9 heteroatoms. The van der Waals surface area contributed by atoms with Gasteiger partial charge in [0.15, 0.2) is 0 Å². The largest absolute Gasteiger partial charge is 0.394 e. The van der Waals surface area contributed by atoms with Crippen LogP contribution in [0.4, 0.5) is 0 Å². The van der Waals surface area contributed by atoms with E-state index < -0.39 is 24.5 Å². The molecule has 1 aromatic heterocycles. The number of carbonyl (C=O) groups is 2. The molecule has 1 fully saturated rings. The van der Waals surface area contributed by atoms with Gasteiger partial charge in [-0.25, -0.2) is 9.99 Å². The normalized spacial score (nSPS) is 16.7. The van der Waals surface area contributed by atoms with Gasteiger partial charge < -0.3 is 20.1 Å². The maximum atomic E-state index is 12.3. The molecule has 1 aliphatic heterocycles. The van der Waals surface area contributed by atoms with Gasteiger partial charge in [0.1, 0.15) is 6.04 Å². The van der Waals surface area contributed by atoms with Gasteiger partial charge in [-0.2, -0.15) is 0 Å². The third-order valence-corrected chi connectivity index (χ3v) is 3.77. The number of aromatic nitrogens is 2. The second-order valence-electron chi connectivity index (χ2n) is 5.42. The van der Waals surface area contributed by atoms with E-state index in [2.05, 4.69) is 20.7 Å². The smallest absolute Gasteiger partial charge is 0.259 e. The van der Waals surface area contributed by atoms with E-state index in [-0.39, 0.29) is 0 Å². The first-order valence-electron chi connectivity index (χ1n) is 7.65. The van der Waals surface area contributed by atoms with Gasteiger partial charge in [0.05, 0.1) is 37.2 Å². The predicted octanol–water partition coefficient (Wildman–Crippen LogP) is -0.983. The topological polar surface area (TPSA) is 120 Å². The number of H-pyrrole nitrogens is 1. The van der Waals surface area contributed by atoms with E-state index in [4.69, 9.17) is 4.74 Å². The van der Waals surface area contributed by atoms with Crippen LogP contribution < -0.4 is 10.7 Å². The Bertz CT molecular complexity index is 725. The summed E-state index contributed by atoms with van der Waals surface area (Å²) < 4.78 is 5.20. The van der Waals surface area contributed by atoms with Crippen LogP contribution in [0.25, 0.3) is 11.0 Å². The fourth-order valence-electron chi connectivity index (χ4n) is 2.42. The van der Waals surface area contributed by atoms with Crippen LogP contribution in [0.1, 0.15) is 10.4 Å². The highest BCUT2D eigenvalue weighted by atomic mass is 16.5. The molecule has 2 amide bonds. The van der Waals surface area contributed by atoms with E-state index in [9.17, 15) is 14.7 Å². The molecule has 0 saturated carbocycles. The molecule has 0 aliphatic carbocycles. The summed E-state index contributed by atoms with van der Waals surface area (Å²) >= 11 is 0. The molecule has 1 aliphatic rings. The number of fused-ring (bicyclic) bond motifs is 1. The molecule has 4 N–H and O–H groups in total. The number of ether oxygens (including phenoxy) is 1. The summed E-state index contributed by atoms with van der Waals surface area (Å²) in [5, 5.41) is 13.7. The highest BCUT2D eigenvalue weighted by molar-refractivity contribution is 5.99. The van der Waals surface area contributed by atoms with E-state index in [1.54, 1.807) is 29.5 Å². The molecule has 2 heterocycles. The Kier molecular flexibility index (Phi) is 5.04. The van der Waals surface area contributed by atoms with E-state index in [1.807, 2.05) is 0 Å². The summed E-state index contributed by atoms with van der Waals surface area (Å²) in [6.07, 6.45) is 1.54. The molecular formula is C15H19N5O4. The van der Waals surface area contributed by atoms with Crippen molar-refractivity contribution in [2.24, 2.45) is 0 Å². The Balaban J connectivity index is 1.62. The minimum absolute atomic E-state index is 0.379. The van der Waals surface area contributed by atoms with Crippen LogP contribution in [0, 0.1) is 0 Å². The fourth-order valence-corrected chi connectivity index (χ4v) is 2.42. The molecule has 9 nitrogen and oxygen atoms in total. The Hall–Kier alpha value is -2.49. The van der Waals surface area contributed by atoms with Crippen LogP contribution in [0.3, 0.4) is 0 Å². The van der Waals surface area contributed by atoms with Gasteiger partial charge in [0.2, 0.25) is 0 Å². The predicted molar refractivity (Wildman–Crippen MR) is 85.0 cm³/mol. The molecule has 0 radical (unpaired) electrons. The Morgan fingerprint density at radius 1 is 1.38 bits per heavy atom. The van der Waals surface area contributed by atoms with Crippen LogP contribution in [0.2, 0.25) is 0 Å². The van der Waals surface area contributed by atoms with Gasteiger partial charge in [-0.05, 0) is 18.2 Å². The van der Waals surface area contributed by atoms with Crippen molar-refractivity contribution in [1.82, 2.24) is 25.7 Å². The maximum Gasteiger partial charge on any atom is 0.259 e. The summed E-state index contributed by atoms with van der Waals surface area (Å²) in [4.78, 5) is 31.5. The number of morpholine rings is 1. The number of imidazole rings is 1. The summed E-state index contributed by atoms with van der Waals surface area (Å²) in [5.74, 6) is -0.905. The van der Waals surface area contributed by atoms with Crippen molar-refractivity contribution in [3.8, 4) is 0 Å². The van der Waals surface area contributed by atoms with Gasteiger partial charge in [-0.15, -0.1) is 0 Å². The molecular weight excluding hydrogens is 314 g/mol. The number of aromatic amines is 1. The van der Waals surface area contributed by atoms with Gasteiger partial charge in [0, 0.05) is 18.7 Å². The highest BCUT2D eigenvalue weighted by Crippen LogP contribution is 2.11. The second kappa shape index (κ2) is 7.39. The zero-order valence-electron chi connectivity index (χ0n) is 13.0. The number of nitrogens with zero attached hydrogens (tertiary/aromatic N) is 2. The zero-order valence-corrected chi connectivity index (χ0v) is 13.0. The van der Waals surface area contributed by atoms with Crippen LogP contribution in [-0.2, 0) is 9.53 Å². The van der Waals surface area contributed by atoms with Crippen LogP contribution in [0.15, 0.2) is 24.5 Å². The number of rotatable bonds is 5. The number of hydrogen-bond donors (Lipinski definition) is 4. The van der Waals surface area contributed by atoms with Gasteiger partial charge in [-0.1, -0.05) is 0 Å². The van der Waals surface area contributed by atoms with Crippen molar-refractivity contribution < 1.29 is 19.4 Å². The van der Waals surface area contributed by atoms with E-state index in [1.165, 1.54) is 0 Å². The zero-order chi connectivity index (χ0) is 16.9. The lowest BCUT2D eigenvalue weighted by molar-refractivity contribution is -0.130. The maximum absolute atomic E-state index is 12.3. The number of aliphatic hydroxyl groups excluding tert-OH is 1. The highest BCUT2D eigenvalue weighted by Gasteiger charge is 2.23. The molecule has 1 aromatic carbocycles. The quantitative estimate of drug-likeness (QED) is 0.558. The van der Waals surface area contributed by atoms with Crippen molar-refractivity contribution in [3.63, 3.8) is 0 Å². The van der Waals surface area contributed by atoms with Crippen molar-refractivity contribution in [2.45, 2.75) is 6.04 Å². The molecule has 24 heavy (non-hydrogen) atoms. The summed E-state index contributed by atoms with van der Waals surface area (Å²) in [6, 6.07) is 3.94. The molecule has 1 unspecified atom stereocenters. The Morgan fingerprint density at radius 3 is 2.92 bits per heavy atom. The molecule has 1 atom stereocenters. The lowest BCUT2D eigenvalue weighted by Gasteiger charge is -2.28. The first kappa shape index (κ1) is 16.4. The summed E-state index contributed by atoms with van der Waals surface area (Å²) in [6.45, 7) is 1.69. The number of hydrazine groups is 1. The van der Waals surface area contributed by atoms with Crippen LogP contribution in [-0.4, -0.2) is 70.8 Å². The lowest BCUT2D eigenvalue weighted by Crippen LogP contribution is -2.56.